The molecular formula is C18H17N5O2. The van der Waals surface area contributed by atoms with Gasteiger partial charge in [0.25, 0.3) is 5.89 Å². The second-order valence-corrected chi connectivity index (χ2v) is 5.70. The van der Waals surface area contributed by atoms with E-state index in [2.05, 4.69) is 20.6 Å². The summed E-state index contributed by atoms with van der Waals surface area (Å²) in [4.78, 5) is 0. The van der Waals surface area contributed by atoms with Crippen molar-refractivity contribution in [2.45, 2.75) is 13.5 Å². The maximum atomic E-state index is 5.66. The first-order chi connectivity index (χ1) is 12.2. The lowest BCUT2D eigenvalue weighted by Crippen LogP contribution is -2.00. The average Bonchev–Trinajstić information content (AvgIpc) is 3.33. The minimum absolute atomic E-state index is 0.360. The summed E-state index contributed by atoms with van der Waals surface area (Å²) in [5.74, 6) is 1.18. The van der Waals surface area contributed by atoms with E-state index < -0.39 is 0 Å². The molecule has 25 heavy (non-hydrogen) atoms. The molecule has 0 aliphatic carbocycles. The van der Waals surface area contributed by atoms with Crippen LogP contribution in [-0.4, -0.2) is 20.0 Å². The quantitative estimate of drug-likeness (QED) is 0.599. The molecule has 0 atom stereocenters. The van der Waals surface area contributed by atoms with Gasteiger partial charge in [0.15, 0.2) is 0 Å². The Hall–Kier alpha value is -3.35. The third-order valence-electron chi connectivity index (χ3n) is 3.90. The number of hydrogen-bond donors (Lipinski definition) is 1. The Bertz CT molecular complexity index is 984. The number of nitrogens with one attached hydrogen (secondary N) is 1. The van der Waals surface area contributed by atoms with Gasteiger partial charge >= 0.3 is 6.01 Å². The molecule has 3 aromatic heterocycles. The van der Waals surface area contributed by atoms with Crippen molar-refractivity contribution in [2.75, 3.05) is 5.32 Å². The molecule has 0 fully saturated rings. The third-order valence-corrected chi connectivity index (χ3v) is 3.90. The highest BCUT2D eigenvalue weighted by molar-refractivity contribution is 5.63. The van der Waals surface area contributed by atoms with Crippen molar-refractivity contribution in [3.8, 4) is 22.7 Å². The molecule has 0 amide bonds. The molecular weight excluding hydrogens is 318 g/mol. The van der Waals surface area contributed by atoms with Crippen LogP contribution in [0.3, 0.4) is 0 Å². The number of benzene rings is 1. The zero-order valence-electron chi connectivity index (χ0n) is 13.9. The number of aryl methyl sites for hydroxylation is 2. The molecule has 0 saturated heterocycles. The highest BCUT2D eigenvalue weighted by Crippen LogP contribution is 2.25. The van der Waals surface area contributed by atoms with Gasteiger partial charge in [-0.15, -0.1) is 5.10 Å². The molecule has 4 rings (SSSR count). The van der Waals surface area contributed by atoms with Gasteiger partial charge in [0.1, 0.15) is 5.76 Å². The lowest BCUT2D eigenvalue weighted by atomic mass is 10.1. The maximum Gasteiger partial charge on any atom is 0.316 e. The lowest BCUT2D eigenvalue weighted by Gasteiger charge is -2.02. The first kappa shape index (κ1) is 15.2. The number of rotatable bonds is 5. The molecule has 0 aliphatic rings. The first-order valence-corrected chi connectivity index (χ1v) is 7.90. The van der Waals surface area contributed by atoms with Gasteiger partial charge in [-0.25, -0.2) is 0 Å². The van der Waals surface area contributed by atoms with E-state index in [1.165, 1.54) is 0 Å². The van der Waals surface area contributed by atoms with Gasteiger partial charge in [0, 0.05) is 30.9 Å². The van der Waals surface area contributed by atoms with Gasteiger partial charge in [-0.1, -0.05) is 35.4 Å². The maximum absolute atomic E-state index is 5.66. The van der Waals surface area contributed by atoms with E-state index in [0.29, 0.717) is 18.5 Å². The topological polar surface area (TPSA) is 81.9 Å². The molecule has 0 unspecified atom stereocenters. The molecule has 1 N–H and O–H groups in total. The molecule has 126 valence electrons. The van der Waals surface area contributed by atoms with E-state index in [4.69, 9.17) is 8.83 Å². The zero-order chi connectivity index (χ0) is 17.2. The molecule has 0 aliphatic heterocycles. The number of furan rings is 1. The lowest BCUT2D eigenvalue weighted by molar-refractivity contribution is 0.530. The normalized spacial score (nSPS) is 11.0. The molecule has 0 spiro atoms. The highest BCUT2D eigenvalue weighted by Gasteiger charge is 2.14. The molecule has 1 aromatic carbocycles. The van der Waals surface area contributed by atoms with E-state index in [1.54, 1.807) is 17.0 Å². The van der Waals surface area contributed by atoms with E-state index in [1.807, 2.05) is 50.5 Å². The van der Waals surface area contributed by atoms with Crippen molar-refractivity contribution in [3.63, 3.8) is 0 Å². The molecule has 4 aromatic rings. The predicted octanol–water partition coefficient (Wildman–Crippen LogP) is 3.65. The van der Waals surface area contributed by atoms with Crippen molar-refractivity contribution in [1.29, 1.82) is 0 Å². The Morgan fingerprint density at radius 3 is 2.72 bits per heavy atom. The van der Waals surface area contributed by atoms with Crippen LogP contribution in [0.4, 0.5) is 6.01 Å². The third kappa shape index (κ3) is 3.03. The summed E-state index contributed by atoms with van der Waals surface area (Å²) >= 11 is 0. The second-order valence-electron chi connectivity index (χ2n) is 5.70. The van der Waals surface area contributed by atoms with Crippen LogP contribution >= 0.6 is 0 Å². The number of hydrogen-bond acceptors (Lipinski definition) is 6. The van der Waals surface area contributed by atoms with Crippen LogP contribution in [0.25, 0.3) is 22.7 Å². The first-order valence-electron chi connectivity index (χ1n) is 7.90. The van der Waals surface area contributed by atoms with E-state index in [0.717, 1.165) is 28.1 Å². The van der Waals surface area contributed by atoms with Gasteiger partial charge < -0.3 is 14.2 Å². The minimum atomic E-state index is 0.360. The largest absolute Gasteiger partial charge is 0.469 e. The molecule has 7 heteroatoms. The van der Waals surface area contributed by atoms with Crippen LogP contribution in [0.5, 0.6) is 0 Å². The number of aromatic nitrogens is 4. The van der Waals surface area contributed by atoms with Gasteiger partial charge in [0.2, 0.25) is 0 Å². The van der Waals surface area contributed by atoms with E-state index in [9.17, 15) is 0 Å². The molecule has 0 radical (unpaired) electrons. The van der Waals surface area contributed by atoms with Crippen molar-refractivity contribution in [1.82, 2.24) is 20.0 Å². The van der Waals surface area contributed by atoms with E-state index >= 15 is 0 Å². The Balaban J connectivity index is 1.53. The molecule has 0 bridgehead atoms. The summed E-state index contributed by atoms with van der Waals surface area (Å²) in [7, 11) is 1.91. The van der Waals surface area contributed by atoms with E-state index in [-0.39, 0.29) is 0 Å². The van der Waals surface area contributed by atoms with Crippen LogP contribution in [-0.2, 0) is 13.6 Å². The van der Waals surface area contributed by atoms with Crippen molar-refractivity contribution in [2.24, 2.45) is 7.05 Å². The number of nitrogens with zero attached hydrogens (tertiary/aromatic N) is 4. The Morgan fingerprint density at radius 2 is 1.96 bits per heavy atom. The van der Waals surface area contributed by atoms with Crippen LogP contribution < -0.4 is 5.32 Å². The fourth-order valence-corrected chi connectivity index (χ4v) is 2.69. The van der Waals surface area contributed by atoms with Gasteiger partial charge in [-0.2, -0.15) is 5.10 Å². The molecule has 0 saturated carbocycles. The average molecular weight is 335 g/mol. The standard InChI is InChI=1S/C18H17N5O2/c1-12-15(8-9-24-12)17-20-21-18(25-17)19-10-14-11-23(2)22-16(14)13-6-4-3-5-7-13/h3-9,11H,10H2,1-2H3,(H,19,21). The summed E-state index contributed by atoms with van der Waals surface area (Å²) in [6.07, 6.45) is 3.58. The molecule has 3 heterocycles. The van der Waals surface area contributed by atoms with Crippen molar-refractivity contribution in [3.05, 3.63) is 60.2 Å². The SMILES string of the molecule is Cc1occc1-c1nnc(NCc2cn(C)nc2-c2ccccc2)o1. The summed E-state index contributed by atoms with van der Waals surface area (Å²) < 4.78 is 12.7. The van der Waals surface area contributed by atoms with Gasteiger partial charge in [0.05, 0.1) is 17.5 Å². The minimum Gasteiger partial charge on any atom is -0.469 e. The van der Waals surface area contributed by atoms with Crippen LogP contribution in [0.2, 0.25) is 0 Å². The van der Waals surface area contributed by atoms with Gasteiger partial charge in [-0.3, -0.25) is 4.68 Å². The monoisotopic (exact) mass is 335 g/mol. The van der Waals surface area contributed by atoms with Crippen molar-refractivity contribution < 1.29 is 8.83 Å². The van der Waals surface area contributed by atoms with Crippen molar-refractivity contribution >= 4 is 6.01 Å². The Morgan fingerprint density at radius 1 is 1.12 bits per heavy atom. The summed E-state index contributed by atoms with van der Waals surface area (Å²) in [6, 6.07) is 12.2. The fourth-order valence-electron chi connectivity index (χ4n) is 2.69. The fraction of sp³-hybridized carbons (Fsp3) is 0.167. The predicted molar refractivity (Wildman–Crippen MR) is 92.7 cm³/mol. The Kier molecular flexibility index (Phi) is 3.81. The van der Waals surface area contributed by atoms with Crippen LogP contribution in [0.1, 0.15) is 11.3 Å². The zero-order valence-corrected chi connectivity index (χ0v) is 13.9. The molecule has 7 nitrogen and oxygen atoms in total. The Labute approximate surface area is 144 Å². The van der Waals surface area contributed by atoms with Crippen LogP contribution in [0.15, 0.2) is 57.7 Å². The van der Waals surface area contributed by atoms with Gasteiger partial charge in [-0.05, 0) is 13.0 Å². The summed E-state index contributed by atoms with van der Waals surface area (Å²) in [6.45, 7) is 2.39. The smallest absolute Gasteiger partial charge is 0.316 e. The van der Waals surface area contributed by atoms with Crippen LogP contribution in [0, 0.1) is 6.92 Å². The second kappa shape index (κ2) is 6.27. The summed E-state index contributed by atoms with van der Waals surface area (Å²) in [5.41, 5.74) is 3.85. The highest BCUT2D eigenvalue weighted by atomic mass is 16.4. The summed E-state index contributed by atoms with van der Waals surface area (Å²) in [5, 5.41) is 15.8. The number of anilines is 1.